The van der Waals surface area contributed by atoms with Gasteiger partial charge in [0.05, 0.1) is 10.8 Å². The van der Waals surface area contributed by atoms with Crippen molar-refractivity contribution in [2.45, 2.75) is 31.0 Å². The SMILES string of the molecule is Cc1cc(C)c(C#N)c(S[C@H](C)C(=O)Nc2ccc3c(c2)OCO3)n1. The number of rotatable bonds is 4. The second-order valence-corrected chi connectivity index (χ2v) is 7.02. The second-order valence-electron chi connectivity index (χ2n) is 5.69. The third-order valence-corrected chi connectivity index (χ3v) is 4.81. The van der Waals surface area contributed by atoms with E-state index in [9.17, 15) is 10.1 Å². The van der Waals surface area contributed by atoms with Gasteiger partial charge < -0.3 is 14.8 Å². The van der Waals surface area contributed by atoms with Gasteiger partial charge in [-0.15, -0.1) is 0 Å². The minimum atomic E-state index is -0.411. The number of hydrogen-bond acceptors (Lipinski definition) is 6. The lowest BCUT2D eigenvalue weighted by molar-refractivity contribution is -0.115. The summed E-state index contributed by atoms with van der Waals surface area (Å²) in [5.41, 5.74) is 2.83. The van der Waals surface area contributed by atoms with Gasteiger partial charge in [-0.05, 0) is 44.5 Å². The summed E-state index contributed by atoms with van der Waals surface area (Å²) in [6.07, 6.45) is 0. The minimum absolute atomic E-state index is 0.172. The molecular formula is C18H17N3O3S. The molecule has 1 aliphatic rings. The maximum absolute atomic E-state index is 12.5. The van der Waals surface area contributed by atoms with Crippen LogP contribution in [-0.2, 0) is 4.79 Å². The molecule has 1 aromatic heterocycles. The molecule has 0 unspecified atom stereocenters. The number of ether oxygens (including phenoxy) is 2. The molecule has 2 heterocycles. The molecule has 0 fully saturated rings. The fourth-order valence-electron chi connectivity index (χ4n) is 2.46. The zero-order valence-corrected chi connectivity index (χ0v) is 14.9. The van der Waals surface area contributed by atoms with Gasteiger partial charge >= 0.3 is 0 Å². The molecule has 1 amide bonds. The Morgan fingerprint density at radius 2 is 2.08 bits per heavy atom. The van der Waals surface area contributed by atoms with Crippen LogP contribution in [0.3, 0.4) is 0 Å². The summed E-state index contributed by atoms with van der Waals surface area (Å²) < 4.78 is 10.6. The van der Waals surface area contributed by atoms with Gasteiger partial charge in [0.15, 0.2) is 11.5 Å². The molecule has 1 atom stereocenters. The normalized spacial score (nSPS) is 13.2. The molecule has 6 nitrogen and oxygen atoms in total. The monoisotopic (exact) mass is 355 g/mol. The van der Waals surface area contributed by atoms with Crippen molar-refractivity contribution in [1.29, 1.82) is 5.26 Å². The van der Waals surface area contributed by atoms with E-state index in [0.717, 1.165) is 11.3 Å². The van der Waals surface area contributed by atoms with E-state index in [1.165, 1.54) is 11.8 Å². The summed E-state index contributed by atoms with van der Waals surface area (Å²) in [7, 11) is 0. The van der Waals surface area contributed by atoms with E-state index in [0.29, 0.717) is 27.8 Å². The molecule has 7 heteroatoms. The summed E-state index contributed by atoms with van der Waals surface area (Å²) in [5, 5.41) is 12.4. The Morgan fingerprint density at radius 3 is 2.84 bits per heavy atom. The van der Waals surface area contributed by atoms with E-state index in [1.54, 1.807) is 25.1 Å². The van der Waals surface area contributed by atoms with Crippen LogP contribution in [0.15, 0.2) is 29.3 Å². The fraction of sp³-hybridized carbons (Fsp3) is 0.278. The molecule has 0 bridgehead atoms. The number of nitrogens with zero attached hydrogens (tertiary/aromatic N) is 2. The number of hydrogen-bond donors (Lipinski definition) is 1. The average molecular weight is 355 g/mol. The molecule has 0 saturated carbocycles. The molecule has 1 aliphatic heterocycles. The largest absolute Gasteiger partial charge is 0.454 e. The van der Waals surface area contributed by atoms with Crippen molar-refractivity contribution in [3.05, 3.63) is 41.1 Å². The number of aryl methyl sites for hydroxylation is 2. The molecule has 0 saturated heterocycles. The standard InChI is InChI=1S/C18H17N3O3S/c1-10-6-11(2)20-18(14(10)8-19)25-12(3)17(22)21-13-4-5-15-16(7-13)24-9-23-15/h4-7,12H,9H2,1-3H3,(H,21,22)/t12-/m1/s1. The Balaban J connectivity index is 1.72. The predicted octanol–water partition coefficient (Wildman–Crippen LogP) is 3.42. The van der Waals surface area contributed by atoms with E-state index in [1.807, 2.05) is 19.9 Å². The third kappa shape index (κ3) is 3.69. The number of nitriles is 1. The van der Waals surface area contributed by atoms with Crippen LogP contribution in [-0.4, -0.2) is 22.9 Å². The molecule has 0 radical (unpaired) electrons. The van der Waals surface area contributed by atoms with E-state index >= 15 is 0 Å². The Labute approximate surface area is 150 Å². The predicted molar refractivity (Wildman–Crippen MR) is 94.9 cm³/mol. The summed E-state index contributed by atoms with van der Waals surface area (Å²) >= 11 is 1.27. The van der Waals surface area contributed by atoms with Crippen LogP contribution in [0.1, 0.15) is 23.7 Å². The number of carbonyl (C=O) groups is 1. The molecular weight excluding hydrogens is 338 g/mol. The molecule has 1 N–H and O–H groups in total. The molecule has 0 aliphatic carbocycles. The molecule has 128 valence electrons. The first-order valence-corrected chi connectivity index (χ1v) is 8.61. The van der Waals surface area contributed by atoms with Crippen LogP contribution in [0.2, 0.25) is 0 Å². The Kier molecular flexibility index (Phi) is 4.81. The van der Waals surface area contributed by atoms with Gasteiger partial charge in [0.25, 0.3) is 0 Å². The molecule has 1 aromatic carbocycles. The van der Waals surface area contributed by atoms with Crippen LogP contribution in [0.4, 0.5) is 5.69 Å². The van der Waals surface area contributed by atoms with E-state index in [4.69, 9.17) is 9.47 Å². The van der Waals surface area contributed by atoms with Crippen molar-refractivity contribution >= 4 is 23.4 Å². The van der Waals surface area contributed by atoms with Gasteiger partial charge in [-0.25, -0.2) is 4.98 Å². The highest BCUT2D eigenvalue weighted by atomic mass is 32.2. The highest BCUT2D eigenvalue weighted by Crippen LogP contribution is 2.34. The van der Waals surface area contributed by atoms with Crippen molar-refractivity contribution in [3.8, 4) is 17.6 Å². The van der Waals surface area contributed by atoms with Crippen LogP contribution in [0.25, 0.3) is 0 Å². The Morgan fingerprint density at radius 1 is 1.32 bits per heavy atom. The highest BCUT2D eigenvalue weighted by Gasteiger charge is 2.20. The average Bonchev–Trinajstić information content (AvgIpc) is 3.02. The van der Waals surface area contributed by atoms with E-state index in [2.05, 4.69) is 16.4 Å². The number of nitrogens with one attached hydrogen (secondary N) is 1. The van der Waals surface area contributed by atoms with E-state index in [-0.39, 0.29) is 12.7 Å². The van der Waals surface area contributed by atoms with Crippen LogP contribution >= 0.6 is 11.8 Å². The number of aromatic nitrogens is 1. The lowest BCUT2D eigenvalue weighted by Gasteiger charge is -2.14. The first-order valence-electron chi connectivity index (χ1n) is 7.73. The van der Waals surface area contributed by atoms with Gasteiger partial charge in [0, 0.05) is 17.4 Å². The van der Waals surface area contributed by atoms with Crippen LogP contribution in [0, 0.1) is 25.2 Å². The first-order chi connectivity index (χ1) is 12.0. The van der Waals surface area contributed by atoms with Gasteiger partial charge in [-0.1, -0.05) is 11.8 Å². The topological polar surface area (TPSA) is 84.2 Å². The lowest BCUT2D eigenvalue weighted by atomic mass is 10.1. The zero-order chi connectivity index (χ0) is 18.0. The molecule has 2 aromatic rings. The van der Waals surface area contributed by atoms with Crippen molar-refractivity contribution in [2.75, 3.05) is 12.1 Å². The number of benzene rings is 1. The number of amides is 1. The summed E-state index contributed by atoms with van der Waals surface area (Å²) in [4.78, 5) is 16.9. The zero-order valence-electron chi connectivity index (χ0n) is 14.1. The number of carbonyl (C=O) groups excluding carboxylic acids is 1. The second kappa shape index (κ2) is 7.03. The van der Waals surface area contributed by atoms with Crippen molar-refractivity contribution in [3.63, 3.8) is 0 Å². The minimum Gasteiger partial charge on any atom is -0.454 e. The van der Waals surface area contributed by atoms with Gasteiger partial charge in [-0.2, -0.15) is 5.26 Å². The number of pyridine rings is 1. The number of anilines is 1. The van der Waals surface area contributed by atoms with Gasteiger partial charge in [-0.3, -0.25) is 4.79 Å². The van der Waals surface area contributed by atoms with Crippen LogP contribution < -0.4 is 14.8 Å². The first kappa shape index (κ1) is 17.1. The van der Waals surface area contributed by atoms with Crippen molar-refractivity contribution in [1.82, 2.24) is 4.98 Å². The molecule has 3 rings (SSSR count). The maximum Gasteiger partial charge on any atom is 0.237 e. The molecule has 25 heavy (non-hydrogen) atoms. The van der Waals surface area contributed by atoms with E-state index < -0.39 is 5.25 Å². The summed E-state index contributed by atoms with van der Waals surface area (Å²) in [5.74, 6) is 1.10. The Bertz CT molecular complexity index is 877. The Hall–Kier alpha value is -2.72. The summed E-state index contributed by atoms with van der Waals surface area (Å²) in [6, 6.07) is 9.28. The molecule has 0 spiro atoms. The quantitative estimate of drug-likeness (QED) is 0.846. The maximum atomic E-state index is 12.5. The lowest BCUT2D eigenvalue weighted by Crippen LogP contribution is -2.22. The van der Waals surface area contributed by atoms with Gasteiger partial charge in [0.2, 0.25) is 12.7 Å². The van der Waals surface area contributed by atoms with Crippen molar-refractivity contribution < 1.29 is 14.3 Å². The van der Waals surface area contributed by atoms with Crippen molar-refractivity contribution in [2.24, 2.45) is 0 Å². The smallest absolute Gasteiger partial charge is 0.237 e. The number of thioether (sulfide) groups is 1. The summed E-state index contributed by atoms with van der Waals surface area (Å²) in [6.45, 7) is 5.71. The highest BCUT2D eigenvalue weighted by molar-refractivity contribution is 8.00. The third-order valence-electron chi connectivity index (χ3n) is 3.72. The van der Waals surface area contributed by atoms with Gasteiger partial charge in [0.1, 0.15) is 11.1 Å². The fourth-order valence-corrected chi connectivity index (χ4v) is 3.48. The number of fused-ring (bicyclic) bond motifs is 1. The van der Waals surface area contributed by atoms with Crippen LogP contribution in [0.5, 0.6) is 11.5 Å².